The highest BCUT2D eigenvalue weighted by Gasteiger charge is 2.31. The predicted molar refractivity (Wildman–Crippen MR) is 47.0 cm³/mol. The molecule has 2 nitrogen and oxygen atoms in total. The first kappa shape index (κ1) is 7.79. The summed E-state index contributed by atoms with van der Waals surface area (Å²) in [6, 6.07) is 0. The summed E-state index contributed by atoms with van der Waals surface area (Å²) < 4.78 is 0. The molecule has 1 fully saturated rings. The molecule has 0 atom stereocenters. The third kappa shape index (κ3) is 1.24. The van der Waals surface area contributed by atoms with Crippen LogP contribution >= 0.6 is 12.2 Å². The number of thiocarbonyl (C=S) groups is 1. The van der Waals surface area contributed by atoms with E-state index in [9.17, 15) is 0 Å². The molecule has 1 aliphatic heterocycles. The van der Waals surface area contributed by atoms with Gasteiger partial charge in [-0.1, -0.05) is 13.8 Å². The van der Waals surface area contributed by atoms with Crippen LogP contribution in [-0.4, -0.2) is 17.2 Å². The normalized spacial score (nSPS) is 22.0. The van der Waals surface area contributed by atoms with Crippen LogP contribution in [0.15, 0.2) is 0 Å². The summed E-state index contributed by atoms with van der Waals surface area (Å²) in [7, 11) is 0. The van der Waals surface area contributed by atoms with E-state index in [1.807, 2.05) is 0 Å². The molecule has 0 radical (unpaired) electrons. The first-order valence-corrected chi connectivity index (χ1v) is 4.19. The molecule has 58 valence electrons. The van der Waals surface area contributed by atoms with E-state index >= 15 is 0 Å². The molecule has 0 bridgehead atoms. The molecule has 0 aromatic heterocycles. The van der Waals surface area contributed by atoms with Gasteiger partial charge in [-0.3, -0.25) is 0 Å². The van der Waals surface area contributed by atoms with Crippen molar-refractivity contribution in [3.8, 4) is 0 Å². The lowest BCUT2D eigenvalue weighted by Crippen LogP contribution is -2.41. The Morgan fingerprint density at radius 2 is 2.10 bits per heavy atom. The van der Waals surface area contributed by atoms with Crippen molar-refractivity contribution >= 4 is 17.3 Å². The smallest absolute Gasteiger partial charge is 0.166 e. The van der Waals surface area contributed by atoms with E-state index in [-0.39, 0.29) is 5.54 Å². The Morgan fingerprint density at radius 3 is 2.30 bits per heavy atom. The molecule has 0 aromatic carbocycles. The van der Waals surface area contributed by atoms with Gasteiger partial charge in [0.15, 0.2) is 5.11 Å². The summed E-state index contributed by atoms with van der Waals surface area (Å²) in [6.07, 6.45) is 2.27. The van der Waals surface area contributed by atoms with Crippen molar-refractivity contribution < 1.29 is 0 Å². The van der Waals surface area contributed by atoms with Gasteiger partial charge in [0.1, 0.15) is 0 Å². The first-order valence-electron chi connectivity index (χ1n) is 3.78. The van der Waals surface area contributed by atoms with E-state index in [4.69, 9.17) is 12.2 Å². The fourth-order valence-corrected chi connectivity index (χ4v) is 1.54. The molecule has 0 saturated carbocycles. The van der Waals surface area contributed by atoms with Gasteiger partial charge in [-0.2, -0.15) is 0 Å². The summed E-state index contributed by atoms with van der Waals surface area (Å²) in [6.45, 7) is 5.36. The van der Waals surface area contributed by atoms with Gasteiger partial charge in [0.2, 0.25) is 0 Å². The maximum Gasteiger partial charge on any atom is 0.166 e. The Morgan fingerprint density at radius 1 is 1.50 bits per heavy atom. The second-order valence-electron chi connectivity index (χ2n) is 2.80. The minimum absolute atomic E-state index is 0.247. The molecule has 0 aromatic rings. The lowest BCUT2D eigenvalue weighted by Gasteiger charge is -2.24. The number of hydrogen-bond donors (Lipinski definition) is 2. The molecule has 1 rings (SSSR count). The zero-order chi connectivity index (χ0) is 7.61. The van der Waals surface area contributed by atoms with E-state index in [0.29, 0.717) is 0 Å². The molecule has 0 unspecified atom stereocenters. The molecule has 10 heavy (non-hydrogen) atoms. The largest absolute Gasteiger partial charge is 0.360 e. The van der Waals surface area contributed by atoms with Gasteiger partial charge in [0.25, 0.3) is 0 Å². The predicted octanol–water partition coefficient (Wildman–Crippen LogP) is 1.02. The minimum atomic E-state index is 0.247. The SMILES string of the molecule is CCC1(CC)CNC(=S)N1. The number of hydrogen-bond acceptors (Lipinski definition) is 1. The summed E-state index contributed by atoms with van der Waals surface area (Å²) in [5.41, 5.74) is 0.247. The number of nitrogens with one attached hydrogen (secondary N) is 2. The van der Waals surface area contributed by atoms with E-state index in [2.05, 4.69) is 24.5 Å². The molecular formula is C7H14N2S. The average molecular weight is 158 g/mol. The monoisotopic (exact) mass is 158 g/mol. The molecule has 1 aliphatic rings. The van der Waals surface area contributed by atoms with Gasteiger partial charge in [0, 0.05) is 6.54 Å². The molecule has 0 aliphatic carbocycles. The van der Waals surface area contributed by atoms with Gasteiger partial charge in [-0.05, 0) is 25.1 Å². The van der Waals surface area contributed by atoms with Crippen LogP contribution in [0.2, 0.25) is 0 Å². The second-order valence-corrected chi connectivity index (χ2v) is 3.20. The third-order valence-electron chi connectivity index (χ3n) is 2.32. The lowest BCUT2D eigenvalue weighted by molar-refractivity contribution is 0.386. The van der Waals surface area contributed by atoms with Crippen LogP contribution in [0.1, 0.15) is 26.7 Å². The number of rotatable bonds is 2. The zero-order valence-corrected chi connectivity index (χ0v) is 7.35. The highest BCUT2D eigenvalue weighted by molar-refractivity contribution is 7.80. The van der Waals surface area contributed by atoms with Crippen LogP contribution in [-0.2, 0) is 0 Å². The Labute approximate surface area is 67.4 Å². The van der Waals surface area contributed by atoms with Gasteiger partial charge >= 0.3 is 0 Å². The van der Waals surface area contributed by atoms with Crippen molar-refractivity contribution in [2.75, 3.05) is 6.54 Å². The molecule has 0 amide bonds. The molecule has 2 N–H and O–H groups in total. The van der Waals surface area contributed by atoms with Gasteiger partial charge in [-0.15, -0.1) is 0 Å². The zero-order valence-electron chi connectivity index (χ0n) is 6.53. The molecule has 1 heterocycles. The Kier molecular flexibility index (Phi) is 2.14. The highest BCUT2D eigenvalue weighted by Crippen LogP contribution is 2.16. The lowest BCUT2D eigenvalue weighted by atomic mass is 9.95. The Balaban J connectivity index is 2.59. The average Bonchev–Trinajstić information content (AvgIpc) is 2.33. The summed E-state index contributed by atoms with van der Waals surface area (Å²) >= 11 is 4.98. The Hall–Kier alpha value is -0.310. The van der Waals surface area contributed by atoms with Gasteiger partial charge < -0.3 is 10.6 Å². The van der Waals surface area contributed by atoms with Crippen LogP contribution in [0, 0.1) is 0 Å². The van der Waals surface area contributed by atoms with Crippen molar-refractivity contribution in [1.82, 2.24) is 10.6 Å². The van der Waals surface area contributed by atoms with Crippen molar-refractivity contribution in [2.45, 2.75) is 32.2 Å². The van der Waals surface area contributed by atoms with Crippen LogP contribution < -0.4 is 10.6 Å². The van der Waals surface area contributed by atoms with Crippen LogP contribution in [0.3, 0.4) is 0 Å². The van der Waals surface area contributed by atoms with E-state index < -0.39 is 0 Å². The van der Waals surface area contributed by atoms with E-state index in [0.717, 1.165) is 24.5 Å². The minimum Gasteiger partial charge on any atom is -0.360 e. The third-order valence-corrected chi connectivity index (χ3v) is 2.57. The van der Waals surface area contributed by atoms with Crippen LogP contribution in [0.5, 0.6) is 0 Å². The first-order chi connectivity index (χ1) is 4.72. The summed E-state index contributed by atoms with van der Waals surface area (Å²) in [4.78, 5) is 0. The maximum atomic E-state index is 4.98. The van der Waals surface area contributed by atoms with Crippen LogP contribution in [0.25, 0.3) is 0 Å². The standard InChI is InChI=1S/C7H14N2S/c1-3-7(4-2)5-8-6(10)9-7/h3-5H2,1-2H3,(H2,8,9,10). The fraction of sp³-hybridized carbons (Fsp3) is 0.857. The topological polar surface area (TPSA) is 24.1 Å². The van der Waals surface area contributed by atoms with Crippen molar-refractivity contribution in [3.05, 3.63) is 0 Å². The van der Waals surface area contributed by atoms with E-state index in [1.165, 1.54) is 0 Å². The van der Waals surface area contributed by atoms with Gasteiger partial charge in [0.05, 0.1) is 5.54 Å². The second kappa shape index (κ2) is 2.74. The van der Waals surface area contributed by atoms with E-state index in [1.54, 1.807) is 0 Å². The summed E-state index contributed by atoms with van der Waals surface area (Å²) in [5.74, 6) is 0. The fourth-order valence-electron chi connectivity index (χ4n) is 1.26. The molecule has 0 spiro atoms. The Bertz CT molecular complexity index is 141. The molecule has 1 saturated heterocycles. The highest BCUT2D eigenvalue weighted by atomic mass is 32.1. The molecular weight excluding hydrogens is 144 g/mol. The quantitative estimate of drug-likeness (QED) is 0.587. The summed E-state index contributed by atoms with van der Waals surface area (Å²) in [5, 5.41) is 7.23. The molecule has 3 heteroatoms. The van der Waals surface area contributed by atoms with Crippen LogP contribution in [0.4, 0.5) is 0 Å². The maximum absolute atomic E-state index is 4.98. The van der Waals surface area contributed by atoms with Crippen molar-refractivity contribution in [3.63, 3.8) is 0 Å². The van der Waals surface area contributed by atoms with Crippen molar-refractivity contribution in [2.24, 2.45) is 0 Å². The van der Waals surface area contributed by atoms with Gasteiger partial charge in [-0.25, -0.2) is 0 Å². The van der Waals surface area contributed by atoms with Crippen molar-refractivity contribution in [1.29, 1.82) is 0 Å².